The van der Waals surface area contributed by atoms with E-state index in [9.17, 15) is 9.90 Å². The summed E-state index contributed by atoms with van der Waals surface area (Å²) in [6.07, 6.45) is 3.52. The summed E-state index contributed by atoms with van der Waals surface area (Å²) in [5.41, 5.74) is 0.141. The molecule has 0 aromatic heterocycles. The van der Waals surface area contributed by atoms with Crippen molar-refractivity contribution in [3.05, 3.63) is 12.2 Å². The highest BCUT2D eigenvalue weighted by molar-refractivity contribution is 5.86. The number of aliphatic hydroxyl groups excluding tert-OH is 1. The number of hydrogen-bond acceptors (Lipinski definition) is 3. The van der Waals surface area contributed by atoms with Crippen molar-refractivity contribution in [2.75, 3.05) is 6.54 Å². The second-order valence-corrected chi connectivity index (χ2v) is 3.75. The van der Waals surface area contributed by atoms with Gasteiger partial charge in [0.1, 0.15) is 0 Å². The van der Waals surface area contributed by atoms with E-state index < -0.39 is 5.97 Å². The molecule has 1 saturated carbocycles. The minimum absolute atomic E-state index is 0.0276. The van der Waals surface area contributed by atoms with Crippen LogP contribution in [0.5, 0.6) is 0 Å². The first-order chi connectivity index (χ1) is 6.61. The van der Waals surface area contributed by atoms with Crippen molar-refractivity contribution in [1.29, 1.82) is 0 Å². The Morgan fingerprint density at radius 2 is 2.07 bits per heavy atom. The predicted molar refractivity (Wildman–Crippen MR) is 53.0 cm³/mol. The van der Waals surface area contributed by atoms with Crippen LogP contribution < -0.4 is 5.32 Å². The number of aliphatic carboxylic acids is 1. The summed E-state index contributed by atoms with van der Waals surface area (Å²) in [6, 6.07) is 0.0276. The van der Waals surface area contributed by atoms with Crippen molar-refractivity contribution in [2.24, 2.45) is 0 Å². The van der Waals surface area contributed by atoms with E-state index in [1.807, 2.05) is 0 Å². The lowest BCUT2D eigenvalue weighted by Crippen LogP contribution is -2.43. The van der Waals surface area contributed by atoms with Crippen molar-refractivity contribution in [3.63, 3.8) is 0 Å². The molecule has 0 heterocycles. The molecule has 14 heavy (non-hydrogen) atoms. The van der Waals surface area contributed by atoms with E-state index in [4.69, 9.17) is 5.11 Å². The molecule has 1 rings (SSSR count). The highest BCUT2D eigenvalue weighted by Crippen LogP contribution is 2.18. The molecule has 0 aliphatic heterocycles. The van der Waals surface area contributed by atoms with Gasteiger partial charge in [-0.05, 0) is 12.8 Å². The van der Waals surface area contributed by atoms with E-state index in [1.54, 1.807) is 0 Å². The Kier molecular flexibility index (Phi) is 4.10. The van der Waals surface area contributed by atoms with Crippen LogP contribution in [0.25, 0.3) is 0 Å². The zero-order chi connectivity index (χ0) is 10.6. The number of hydrogen-bond donors (Lipinski definition) is 3. The van der Waals surface area contributed by atoms with E-state index in [0.29, 0.717) is 0 Å². The largest absolute Gasteiger partial charge is 0.478 e. The van der Waals surface area contributed by atoms with Gasteiger partial charge in [-0.2, -0.15) is 0 Å². The Morgan fingerprint density at radius 1 is 1.43 bits per heavy atom. The lowest BCUT2D eigenvalue weighted by molar-refractivity contribution is -0.132. The van der Waals surface area contributed by atoms with Crippen LogP contribution in [0, 0.1) is 0 Å². The summed E-state index contributed by atoms with van der Waals surface area (Å²) in [5.74, 6) is -0.984. The van der Waals surface area contributed by atoms with Crippen LogP contribution in [-0.4, -0.2) is 34.9 Å². The fraction of sp³-hybridized carbons (Fsp3) is 0.700. The molecule has 0 aromatic carbocycles. The summed E-state index contributed by atoms with van der Waals surface area (Å²) in [6.45, 7) is 3.67. The van der Waals surface area contributed by atoms with Crippen molar-refractivity contribution in [3.8, 4) is 0 Å². The van der Waals surface area contributed by atoms with Gasteiger partial charge in [-0.3, -0.25) is 0 Å². The van der Waals surface area contributed by atoms with Crippen molar-refractivity contribution < 1.29 is 15.0 Å². The summed E-state index contributed by atoms with van der Waals surface area (Å²) in [5, 5.41) is 21.2. The van der Waals surface area contributed by atoms with Crippen LogP contribution >= 0.6 is 0 Å². The first-order valence-electron chi connectivity index (χ1n) is 4.94. The van der Waals surface area contributed by atoms with Gasteiger partial charge in [0.15, 0.2) is 0 Å². The second kappa shape index (κ2) is 5.12. The summed E-state index contributed by atoms with van der Waals surface area (Å²) < 4.78 is 0. The van der Waals surface area contributed by atoms with Gasteiger partial charge in [0.25, 0.3) is 0 Å². The Labute approximate surface area is 83.6 Å². The van der Waals surface area contributed by atoms with E-state index in [1.165, 1.54) is 0 Å². The average molecular weight is 199 g/mol. The van der Waals surface area contributed by atoms with Gasteiger partial charge < -0.3 is 15.5 Å². The first kappa shape index (κ1) is 11.2. The molecule has 1 aliphatic rings. The molecule has 4 nitrogen and oxygen atoms in total. The molecule has 0 radical (unpaired) electrons. The molecule has 2 unspecified atom stereocenters. The fourth-order valence-corrected chi connectivity index (χ4v) is 1.68. The maximum absolute atomic E-state index is 10.5. The highest BCUT2D eigenvalue weighted by Gasteiger charge is 2.22. The number of carboxylic acid groups (broad SMARTS) is 1. The molecule has 0 aromatic rings. The third kappa shape index (κ3) is 3.12. The van der Waals surface area contributed by atoms with Crippen LogP contribution in [0.2, 0.25) is 0 Å². The topological polar surface area (TPSA) is 69.6 Å². The Bertz CT molecular complexity index is 227. The molecule has 0 spiro atoms. The maximum Gasteiger partial charge on any atom is 0.332 e. The van der Waals surface area contributed by atoms with Gasteiger partial charge in [-0.25, -0.2) is 4.79 Å². The van der Waals surface area contributed by atoms with Crippen LogP contribution in [0.1, 0.15) is 25.7 Å². The zero-order valence-electron chi connectivity index (χ0n) is 8.20. The number of carboxylic acids is 1. The number of aliphatic hydroxyl groups is 1. The van der Waals surface area contributed by atoms with Gasteiger partial charge in [0.05, 0.1) is 6.10 Å². The van der Waals surface area contributed by atoms with Crippen LogP contribution in [0.4, 0.5) is 0 Å². The van der Waals surface area contributed by atoms with Crippen LogP contribution in [0.3, 0.4) is 0 Å². The lowest BCUT2D eigenvalue weighted by atomic mass is 9.92. The molecule has 0 saturated heterocycles. The zero-order valence-corrected chi connectivity index (χ0v) is 8.20. The molecule has 0 amide bonds. The quantitative estimate of drug-likeness (QED) is 0.577. The molecule has 0 bridgehead atoms. The minimum Gasteiger partial charge on any atom is -0.478 e. The number of rotatable bonds is 4. The molecule has 1 aliphatic carbocycles. The van der Waals surface area contributed by atoms with Gasteiger partial charge in [0.2, 0.25) is 0 Å². The fourth-order valence-electron chi connectivity index (χ4n) is 1.68. The predicted octanol–water partition coefficient (Wildman–Crippen LogP) is 0.520. The SMILES string of the molecule is C=C(CNC1CCCCC1O)C(=O)O. The first-order valence-corrected chi connectivity index (χ1v) is 4.94. The van der Waals surface area contributed by atoms with Gasteiger partial charge in [-0.15, -0.1) is 0 Å². The molecule has 2 atom stereocenters. The number of carbonyl (C=O) groups is 1. The van der Waals surface area contributed by atoms with Gasteiger partial charge in [-0.1, -0.05) is 19.4 Å². The van der Waals surface area contributed by atoms with E-state index in [-0.39, 0.29) is 24.3 Å². The van der Waals surface area contributed by atoms with E-state index in [2.05, 4.69) is 11.9 Å². The monoisotopic (exact) mass is 199 g/mol. The van der Waals surface area contributed by atoms with Crippen LogP contribution in [-0.2, 0) is 4.79 Å². The standard InChI is InChI=1S/C10H17NO3/c1-7(10(13)14)6-11-8-4-2-3-5-9(8)12/h8-9,11-12H,1-6H2,(H,13,14). The maximum atomic E-state index is 10.5. The highest BCUT2D eigenvalue weighted by atomic mass is 16.4. The molecule has 4 heteroatoms. The van der Waals surface area contributed by atoms with Crippen molar-refractivity contribution in [1.82, 2.24) is 5.32 Å². The molecule has 80 valence electrons. The average Bonchev–Trinajstić information content (AvgIpc) is 2.16. The van der Waals surface area contributed by atoms with Crippen molar-refractivity contribution in [2.45, 2.75) is 37.8 Å². The molecular weight excluding hydrogens is 182 g/mol. The Hall–Kier alpha value is -0.870. The Morgan fingerprint density at radius 3 is 2.64 bits per heavy atom. The second-order valence-electron chi connectivity index (χ2n) is 3.75. The Balaban J connectivity index is 2.29. The van der Waals surface area contributed by atoms with Crippen LogP contribution in [0.15, 0.2) is 12.2 Å². The summed E-state index contributed by atoms with van der Waals surface area (Å²) in [4.78, 5) is 10.5. The third-order valence-electron chi connectivity index (χ3n) is 2.61. The van der Waals surface area contributed by atoms with Gasteiger partial charge in [0, 0.05) is 18.2 Å². The molecular formula is C10H17NO3. The van der Waals surface area contributed by atoms with Crippen molar-refractivity contribution >= 4 is 5.97 Å². The lowest BCUT2D eigenvalue weighted by Gasteiger charge is -2.28. The summed E-state index contributed by atoms with van der Waals surface area (Å²) >= 11 is 0. The smallest absolute Gasteiger partial charge is 0.332 e. The number of nitrogens with one attached hydrogen (secondary N) is 1. The summed E-state index contributed by atoms with van der Waals surface area (Å²) in [7, 11) is 0. The van der Waals surface area contributed by atoms with E-state index >= 15 is 0 Å². The third-order valence-corrected chi connectivity index (χ3v) is 2.61. The molecule has 1 fully saturated rings. The normalized spacial score (nSPS) is 27.2. The van der Waals surface area contributed by atoms with E-state index in [0.717, 1.165) is 25.7 Å². The van der Waals surface area contributed by atoms with Gasteiger partial charge >= 0.3 is 5.97 Å². The molecule has 3 N–H and O–H groups in total. The minimum atomic E-state index is -0.984.